The molecule has 76 heavy (non-hydrogen) atoms. The number of rotatable bonds is 29. The first-order chi connectivity index (χ1) is 36.9. The van der Waals surface area contributed by atoms with Crippen LogP contribution in [0.2, 0.25) is 0 Å². The van der Waals surface area contributed by atoms with Gasteiger partial charge in [0.2, 0.25) is 0 Å². The fraction of sp³-hybridized carbons (Fsp3) is 0.707. The average molecular weight is 1070 g/mol. The van der Waals surface area contributed by atoms with Crippen LogP contribution in [0.15, 0.2) is 30.3 Å². The Morgan fingerprint density at radius 1 is 0.368 bits per heavy atom. The summed E-state index contributed by atoms with van der Waals surface area (Å²) >= 11 is 0. The lowest BCUT2D eigenvalue weighted by molar-refractivity contribution is -0.152. The second-order valence-electron chi connectivity index (χ2n) is 20.6. The van der Waals surface area contributed by atoms with Crippen molar-refractivity contribution >= 4 is 52.6 Å². The Bertz CT molecular complexity index is 2160. The molecule has 0 heterocycles. The van der Waals surface area contributed by atoms with Gasteiger partial charge in [0.25, 0.3) is 0 Å². The van der Waals surface area contributed by atoms with E-state index in [4.69, 9.17) is 52.1 Å². The van der Waals surface area contributed by atoms with Gasteiger partial charge < -0.3 is 52.1 Å². The molecule has 4 fully saturated rings. The van der Waals surface area contributed by atoms with Gasteiger partial charge in [-0.05, 0) is 145 Å². The minimum Gasteiger partial charge on any atom is -0.463 e. The first kappa shape index (κ1) is 60.1. The summed E-state index contributed by atoms with van der Waals surface area (Å²) in [5.74, 6) is -0.301. The Labute approximate surface area is 447 Å². The predicted molar refractivity (Wildman–Crippen MR) is 276 cm³/mol. The lowest BCUT2D eigenvalue weighted by Gasteiger charge is -2.36. The lowest BCUT2D eigenvalue weighted by Crippen LogP contribution is -2.32. The lowest BCUT2D eigenvalue weighted by atomic mass is 9.69. The molecule has 0 aromatic heterocycles. The molecule has 0 aliphatic heterocycles. The van der Waals surface area contributed by atoms with Gasteiger partial charge in [0.15, 0.2) is 0 Å². The van der Waals surface area contributed by atoms with Crippen molar-refractivity contribution in [3.63, 3.8) is 0 Å². The Morgan fingerprint density at radius 3 is 1.05 bits per heavy atom. The molecule has 0 spiro atoms. The van der Waals surface area contributed by atoms with Gasteiger partial charge >= 0.3 is 41.8 Å². The third kappa shape index (κ3) is 19.4. The number of fused-ring (bicyclic) bond motifs is 1. The summed E-state index contributed by atoms with van der Waals surface area (Å²) in [6.07, 6.45) is 13.9. The molecule has 0 bridgehead atoms. The second-order valence-corrected chi connectivity index (χ2v) is 20.6. The molecule has 0 amide bonds. The van der Waals surface area contributed by atoms with Crippen LogP contribution in [0.5, 0.6) is 17.2 Å². The maximum absolute atomic E-state index is 13.8. The third-order valence-electron chi connectivity index (χ3n) is 15.6. The van der Waals surface area contributed by atoms with Gasteiger partial charge in [-0.25, -0.2) is 0 Å². The summed E-state index contributed by atoms with van der Waals surface area (Å²) in [4.78, 5) is 87.7. The number of hydrogen-bond donors (Lipinski definition) is 0. The van der Waals surface area contributed by atoms with E-state index < -0.39 is 5.97 Å². The van der Waals surface area contributed by atoms with Crippen LogP contribution in [0, 0.1) is 47.3 Å². The number of esters is 7. The molecule has 4 saturated carbocycles. The van der Waals surface area contributed by atoms with Crippen molar-refractivity contribution in [2.24, 2.45) is 47.3 Å². The Kier molecular flexibility index (Phi) is 25.7. The normalized spacial score (nSPS) is 23.7. The molecule has 4 aliphatic carbocycles. The standard InChI is InChI=1S/C58H82O18/c1-4-52(60)70-35-31-66-27-29-68-33-37-72-55(62)44-17-9-40(10-18-44)42-13-21-46(22-14-42)57(64)75-49-25-26-51(54-48(49)7-6-8-50(54)74-39(3)59)76-58(65)47-23-15-43(16-24-47)41-11-19-45(20-12-41)56(63)73-38-34-69-30-28-67-32-36-71-53(61)5-2/h6-8,25-26,40-47H,4-5,9-24,27-38H2,1-3H3. The van der Waals surface area contributed by atoms with Crippen LogP contribution in [0.1, 0.15) is 136 Å². The molecule has 4 aliphatic rings. The summed E-state index contributed by atoms with van der Waals surface area (Å²) < 4.78 is 60.5. The quantitative estimate of drug-likeness (QED) is 0.0321. The molecule has 2 aromatic rings. The highest BCUT2D eigenvalue weighted by molar-refractivity contribution is 6.01. The maximum Gasteiger partial charge on any atom is 0.314 e. The third-order valence-corrected chi connectivity index (χ3v) is 15.6. The van der Waals surface area contributed by atoms with E-state index in [0.717, 1.165) is 77.0 Å². The highest BCUT2D eigenvalue weighted by Crippen LogP contribution is 2.45. The van der Waals surface area contributed by atoms with Gasteiger partial charge in [-0.1, -0.05) is 26.0 Å². The zero-order valence-electron chi connectivity index (χ0n) is 45.1. The number of benzene rings is 2. The smallest absolute Gasteiger partial charge is 0.314 e. The fourth-order valence-electron chi connectivity index (χ4n) is 11.3. The van der Waals surface area contributed by atoms with Crippen molar-refractivity contribution in [2.45, 2.75) is 136 Å². The van der Waals surface area contributed by atoms with Crippen molar-refractivity contribution in [2.75, 3.05) is 79.3 Å². The van der Waals surface area contributed by atoms with E-state index in [1.807, 2.05) is 0 Å². The first-order valence-electron chi connectivity index (χ1n) is 28.1. The number of hydrogen-bond acceptors (Lipinski definition) is 18. The van der Waals surface area contributed by atoms with Gasteiger partial charge in [0, 0.05) is 25.2 Å². The highest BCUT2D eigenvalue weighted by atomic mass is 16.6. The summed E-state index contributed by atoms with van der Waals surface area (Å²) in [5, 5.41) is 0.872. The van der Waals surface area contributed by atoms with E-state index in [-0.39, 0.29) is 111 Å². The minimum atomic E-state index is -0.540. The summed E-state index contributed by atoms with van der Waals surface area (Å²) in [6.45, 7) is 8.15. The average Bonchev–Trinajstić information content (AvgIpc) is 3.45. The molecule has 0 radical (unpaired) electrons. The van der Waals surface area contributed by atoms with Crippen LogP contribution in [0.25, 0.3) is 10.8 Å². The Balaban J connectivity index is 0.881. The van der Waals surface area contributed by atoms with Crippen molar-refractivity contribution in [3.05, 3.63) is 30.3 Å². The molecule has 0 atom stereocenters. The van der Waals surface area contributed by atoms with Crippen molar-refractivity contribution in [3.8, 4) is 17.2 Å². The number of carbonyl (C=O) groups is 7. The maximum atomic E-state index is 13.8. The molecule has 18 nitrogen and oxygen atoms in total. The fourth-order valence-corrected chi connectivity index (χ4v) is 11.3. The molecule has 0 unspecified atom stereocenters. The molecule has 422 valence electrons. The summed E-state index contributed by atoms with van der Waals surface area (Å²) in [5.41, 5.74) is 0. The first-order valence-corrected chi connectivity index (χ1v) is 28.1. The van der Waals surface area contributed by atoms with E-state index in [2.05, 4.69) is 0 Å². The van der Waals surface area contributed by atoms with Crippen LogP contribution in [0.4, 0.5) is 0 Å². The van der Waals surface area contributed by atoms with E-state index in [0.29, 0.717) is 118 Å². The molecule has 0 N–H and O–H groups in total. The topological polar surface area (TPSA) is 221 Å². The van der Waals surface area contributed by atoms with Crippen LogP contribution >= 0.6 is 0 Å². The van der Waals surface area contributed by atoms with Crippen LogP contribution in [0.3, 0.4) is 0 Å². The second kappa shape index (κ2) is 32.5. The Morgan fingerprint density at radius 2 is 0.684 bits per heavy atom. The van der Waals surface area contributed by atoms with Crippen LogP contribution < -0.4 is 14.2 Å². The van der Waals surface area contributed by atoms with Gasteiger partial charge in [-0.2, -0.15) is 0 Å². The molecular formula is C58H82O18. The predicted octanol–water partition coefficient (Wildman–Crippen LogP) is 8.86. The Hall–Kier alpha value is -5.17. The van der Waals surface area contributed by atoms with Gasteiger partial charge in [-0.3, -0.25) is 33.6 Å². The zero-order chi connectivity index (χ0) is 54.1. The SMILES string of the molecule is CCC(=O)OCCOCCOCCOC(=O)C1CCC(C2CCC(C(=O)Oc3ccc(OC(=O)C4CCC(C5CCC(C(=O)OCCOCCOCCOC(=O)CC)CC5)CC4)c4c(OC(C)=O)cccc34)CC2)CC1. The van der Waals surface area contributed by atoms with E-state index >= 15 is 0 Å². The van der Waals surface area contributed by atoms with Crippen molar-refractivity contribution in [1.82, 2.24) is 0 Å². The monoisotopic (exact) mass is 1070 g/mol. The highest BCUT2D eigenvalue weighted by Gasteiger charge is 2.38. The molecule has 6 rings (SSSR count). The molecular weight excluding hydrogens is 985 g/mol. The molecule has 18 heteroatoms. The van der Waals surface area contributed by atoms with Crippen molar-refractivity contribution in [1.29, 1.82) is 0 Å². The van der Waals surface area contributed by atoms with Gasteiger partial charge in [0.1, 0.15) is 43.7 Å². The summed E-state index contributed by atoms with van der Waals surface area (Å²) in [6, 6.07) is 8.36. The van der Waals surface area contributed by atoms with Gasteiger partial charge in [0.05, 0.1) is 81.9 Å². The molecule has 2 aromatic carbocycles. The minimum absolute atomic E-state index is 0.123. The van der Waals surface area contributed by atoms with E-state index in [1.54, 1.807) is 44.2 Å². The van der Waals surface area contributed by atoms with Crippen LogP contribution in [-0.2, 0) is 71.5 Å². The largest absolute Gasteiger partial charge is 0.463 e. The van der Waals surface area contributed by atoms with E-state index in [1.165, 1.54) is 6.92 Å². The summed E-state index contributed by atoms with van der Waals surface area (Å²) in [7, 11) is 0. The molecule has 0 saturated heterocycles. The van der Waals surface area contributed by atoms with Gasteiger partial charge in [-0.15, -0.1) is 0 Å². The number of carbonyl (C=O) groups excluding carboxylic acids is 7. The zero-order valence-corrected chi connectivity index (χ0v) is 45.1. The number of ether oxygens (including phenoxy) is 11. The van der Waals surface area contributed by atoms with Crippen molar-refractivity contribution < 1.29 is 85.7 Å². The van der Waals surface area contributed by atoms with Crippen LogP contribution in [-0.4, -0.2) is 121 Å². The van der Waals surface area contributed by atoms with E-state index in [9.17, 15) is 33.6 Å².